The average Bonchev–Trinajstić information content (AvgIpc) is 3.60. The number of rotatable bonds is 2. The normalized spacial score (nSPS) is 19.3. The fourth-order valence-electron chi connectivity index (χ4n) is 3.67. The lowest BCUT2D eigenvalue weighted by Gasteiger charge is -2.22. The number of hydrogen-bond acceptors (Lipinski definition) is 6. The number of nitrogens with zero attached hydrogens (tertiary/aromatic N) is 1. The molecule has 2 aromatic carbocycles. The van der Waals surface area contributed by atoms with E-state index in [-0.39, 0.29) is 24.3 Å². The van der Waals surface area contributed by atoms with Crippen LogP contribution in [0.3, 0.4) is 0 Å². The minimum Gasteiger partial charge on any atom is -0.493 e. The van der Waals surface area contributed by atoms with Crippen molar-refractivity contribution in [2.24, 2.45) is 0 Å². The molecule has 0 aromatic heterocycles. The van der Waals surface area contributed by atoms with E-state index in [1.807, 2.05) is 6.07 Å². The number of halogens is 4. The molecule has 2 aliphatic heterocycles. The van der Waals surface area contributed by atoms with Gasteiger partial charge in [-0.05, 0) is 61.6 Å². The highest BCUT2D eigenvalue weighted by atomic mass is 35.5. The van der Waals surface area contributed by atoms with Crippen molar-refractivity contribution in [2.45, 2.75) is 50.0 Å². The summed E-state index contributed by atoms with van der Waals surface area (Å²) in [4.78, 5) is 25.7. The van der Waals surface area contributed by atoms with Crippen LogP contribution in [0.25, 0.3) is 0 Å². The summed E-state index contributed by atoms with van der Waals surface area (Å²) in [6, 6.07) is 9.49. The third-order valence-corrected chi connectivity index (χ3v) is 6.16. The second kappa shape index (κ2) is 10.8. The van der Waals surface area contributed by atoms with Crippen LogP contribution in [0.15, 0.2) is 36.4 Å². The number of amides is 2. The number of ether oxygens (including phenoxy) is 3. The molecule has 2 aromatic rings. The number of hydrogen-bond donors (Lipinski definition) is 2. The molecule has 0 unspecified atom stereocenters. The molecule has 1 fully saturated rings. The first kappa shape index (κ1) is 26.4. The van der Waals surface area contributed by atoms with Crippen molar-refractivity contribution >= 4 is 23.6 Å². The van der Waals surface area contributed by atoms with E-state index in [2.05, 4.69) is 10.6 Å². The number of nitriles is 1. The predicted molar refractivity (Wildman–Crippen MR) is 125 cm³/mol. The van der Waals surface area contributed by atoms with Crippen molar-refractivity contribution in [2.75, 3.05) is 13.2 Å². The molecule has 12 heteroatoms. The standard InChI is InChI=1S/C25H23ClF3N3O5/c26-18-11-15-3-5-20(18)36-10-2-1-9-35-19-6-4-16(25(27,28)29)13-17(19)22(33)31-21(12-15)37-23(34)32-24(14-30)7-8-24/h3-6,11,13,21H,1-2,7-10,12H2,(H,31,33)(H,32,34)/t21-/m0/s1. The molecule has 3 aliphatic rings. The third-order valence-electron chi connectivity index (χ3n) is 5.87. The summed E-state index contributed by atoms with van der Waals surface area (Å²) in [5, 5.41) is 14.5. The largest absolute Gasteiger partial charge is 0.493 e. The molecule has 196 valence electrons. The van der Waals surface area contributed by atoms with Gasteiger partial charge in [-0.2, -0.15) is 18.4 Å². The first-order chi connectivity index (χ1) is 17.6. The lowest BCUT2D eigenvalue weighted by Crippen LogP contribution is -2.45. The molecule has 2 bridgehead atoms. The zero-order valence-electron chi connectivity index (χ0n) is 19.5. The summed E-state index contributed by atoms with van der Waals surface area (Å²) in [6.45, 7) is 0.454. The molecule has 2 heterocycles. The second-order valence-electron chi connectivity index (χ2n) is 8.77. The highest BCUT2D eigenvalue weighted by molar-refractivity contribution is 6.32. The summed E-state index contributed by atoms with van der Waals surface area (Å²) in [5.74, 6) is -0.527. The number of alkyl carbamates (subject to hydrolysis) is 1. The van der Waals surface area contributed by atoms with E-state index in [0.29, 0.717) is 54.7 Å². The van der Waals surface area contributed by atoms with Gasteiger partial charge in [0.2, 0.25) is 0 Å². The Morgan fingerprint density at radius 3 is 2.43 bits per heavy atom. The van der Waals surface area contributed by atoms with Crippen LogP contribution in [-0.2, 0) is 17.3 Å². The summed E-state index contributed by atoms with van der Waals surface area (Å²) in [5.41, 5.74) is -1.86. The van der Waals surface area contributed by atoms with E-state index in [9.17, 15) is 28.0 Å². The zero-order chi connectivity index (χ0) is 26.6. The molecule has 5 rings (SSSR count). The van der Waals surface area contributed by atoms with Crippen LogP contribution in [0, 0.1) is 11.3 Å². The molecule has 0 saturated heterocycles. The Balaban J connectivity index is 1.65. The number of carbonyl (C=O) groups excluding carboxylic acids is 2. The number of alkyl halides is 3. The Hall–Kier alpha value is -3.65. The number of fused-ring (bicyclic) bond motifs is 10. The van der Waals surface area contributed by atoms with Gasteiger partial charge >= 0.3 is 12.3 Å². The molecule has 1 aliphatic carbocycles. The maximum absolute atomic E-state index is 13.4. The second-order valence-corrected chi connectivity index (χ2v) is 9.18. The van der Waals surface area contributed by atoms with Crippen molar-refractivity contribution in [3.8, 4) is 17.6 Å². The van der Waals surface area contributed by atoms with Crippen molar-refractivity contribution in [1.82, 2.24) is 10.6 Å². The van der Waals surface area contributed by atoms with Crippen LogP contribution in [0.4, 0.5) is 18.0 Å². The van der Waals surface area contributed by atoms with E-state index < -0.39 is 35.5 Å². The molecular weight excluding hydrogens is 515 g/mol. The third kappa shape index (κ3) is 6.77. The summed E-state index contributed by atoms with van der Waals surface area (Å²) in [7, 11) is 0. The minimum atomic E-state index is -4.69. The SMILES string of the molecule is N#CC1(NC(=O)O[C@H]2Cc3ccc(c(Cl)c3)OCCCCOc3ccc(C(F)(F)F)cc3C(=O)N2)CC1. The quantitative estimate of drug-likeness (QED) is 0.558. The van der Waals surface area contributed by atoms with E-state index >= 15 is 0 Å². The lowest BCUT2D eigenvalue weighted by molar-refractivity contribution is -0.137. The molecule has 1 saturated carbocycles. The lowest BCUT2D eigenvalue weighted by atomic mass is 10.1. The molecule has 0 spiro atoms. The Morgan fingerprint density at radius 2 is 1.81 bits per heavy atom. The van der Waals surface area contributed by atoms with Crippen LogP contribution in [0.1, 0.15) is 47.2 Å². The van der Waals surface area contributed by atoms with Gasteiger partial charge in [-0.25, -0.2) is 4.79 Å². The van der Waals surface area contributed by atoms with Gasteiger partial charge in [0.25, 0.3) is 5.91 Å². The summed E-state index contributed by atoms with van der Waals surface area (Å²) in [6.07, 6.45) is -5.01. The molecule has 2 N–H and O–H groups in total. The van der Waals surface area contributed by atoms with Crippen molar-refractivity contribution in [3.05, 3.63) is 58.1 Å². The highest BCUT2D eigenvalue weighted by Crippen LogP contribution is 2.35. The summed E-state index contributed by atoms with van der Waals surface area (Å²) < 4.78 is 56.8. The average molecular weight is 538 g/mol. The number of carbonyl (C=O) groups is 2. The van der Waals surface area contributed by atoms with Gasteiger partial charge in [0, 0.05) is 6.42 Å². The van der Waals surface area contributed by atoms with Gasteiger partial charge in [0.05, 0.1) is 35.4 Å². The number of benzene rings is 2. The van der Waals surface area contributed by atoms with E-state index in [4.69, 9.17) is 25.8 Å². The predicted octanol–water partition coefficient (Wildman–Crippen LogP) is 4.99. The Labute approximate surface area is 215 Å². The zero-order valence-corrected chi connectivity index (χ0v) is 20.2. The fraction of sp³-hybridized carbons (Fsp3) is 0.400. The van der Waals surface area contributed by atoms with Gasteiger partial charge in [0.15, 0.2) is 6.23 Å². The molecule has 2 amide bonds. The van der Waals surface area contributed by atoms with Crippen molar-refractivity contribution < 1.29 is 37.0 Å². The molecule has 37 heavy (non-hydrogen) atoms. The Bertz CT molecular complexity index is 1230. The monoisotopic (exact) mass is 537 g/mol. The fourth-order valence-corrected chi connectivity index (χ4v) is 3.93. The smallest absolute Gasteiger partial charge is 0.416 e. The van der Waals surface area contributed by atoms with Crippen LogP contribution in [0.5, 0.6) is 11.5 Å². The van der Waals surface area contributed by atoms with Crippen LogP contribution in [0.2, 0.25) is 5.02 Å². The van der Waals surface area contributed by atoms with Crippen molar-refractivity contribution in [3.63, 3.8) is 0 Å². The van der Waals surface area contributed by atoms with Gasteiger partial charge in [0.1, 0.15) is 17.0 Å². The maximum Gasteiger partial charge on any atom is 0.416 e. The number of nitrogens with one attached hydrogen (secondary N) is 2. The Morgan fingerprint density at radius 1 is 1.14 bits per heavy atom. The van der Waals surface area contributed by atoms with Gasteiger partial charge in [-0.15, -0.1) is 0 Å². The summed E-state index contributed by atoms with van der Waals surface area (Å²) >= 11 is 6.32. The van der Waals surface area contributed by atoms with Gasteiger partial charge in [-0.3, -0.25) is 4.79 Å². The van der Waals surface area contributed by atoms with Crippen LogP contribution >= 0.6 is 11.6 Å². The highest BCUT2D eigenvalue weighted by Gasteiger charge is 2.45. The molecule has 0 radical (unpaired) electrons. The molecule has 8 nitrogen and oxygen atoms in total. The molecule has 1 atom stereocenters. The van der Waals surface area contributed by atoms with Crippen molar-refractivity contribution in [1.29, 1.82) is 5.26 Å². The topological polar surface area (TPSA) is 110 Å². The first-order valence-corrected chi connectivity index (χ1v) is 11.9. The van der Waals surface area contributed by atoms with E-state index in [1.165, 1.54) is 0 Å². The van der Waals surface area contributed by atoms with Gasteiger partial charge < -0.3 is 24.8 Å². The molecular formula is C25H23ClF3N3O5. The van der Waals surface area contributed by atoms with Crippen LogP contribution < -0.4 is 20.1 Å². The maximum atomic E-state index is 13.4. The van der Waals surface area contributed by atoms with Crippen LogP contribution in [-0.4, -0.2) is 37.0 Å². The minimum absolute atomic E-state index is 0.0467. The van der Waals surface area contributed by atoms with E-state index in [0.717, 1.165) is 12.1 Å². The van der Waals surface area contributed by atoms with E-state index in [1.54, 1.807) is 18.2 Å². The first-order valence-electron chi connectivity index (χ1n) is 11.5. The Kier molecular flexibility index (Phi) is 7.68. The van der Waals surface area contributed by atoms with Gasteiger partial charge in [-0.1, -0.05) is 17.7 Å².